The van der Waals surface area contributed by atoms with Gasteiger partial charge in [-0.3, -0.25) is 4.79 Å². The molecule has 0 unspecified atom stereocenters. The van der Waals surface area contributed by atoms with E-state index in [4.69, 9.17) is 4.42 Å². The molecule has 4 nitrogen and oxygen atoms in total. The van der Waals surface area contributed by atoms with Crippen LogP contribution in [0.5, 0.6) is 0 Å². The van der Waals surface area contributed by atoms with Crippen LogP contribution < -0.4 is 5.32 Å². The average Bonchev–Trinajstić information content (AvgIpc) is 2.80. The number of hydrogen-bond acceptors (Lipinski definition) is 3. The predicted molar refractivity (Wildman–Crippen MR) is 78.2 cm³/mol. The summed E-state index contributed by atoms with van der Waals surface area (Å²) in [5.74, 6) is 0.518. The second-order valence-electron chi connectivity index (χ2n) is 5.20. The van der Waals surface area contributed by atoms with Gasteiger partial charge in [-0.05, 0) is 19.1 Å². The Morgan fingerprint density at radius 3 is 2.76 bits per heavy atom. The highest BCUT2D eigenvalue weighted by Gasteiger charge is 2.14. The van der Waals surface area contributed by atoms with Crippen molar-refractivity contribution in [2.75, 3.05) is 6.54 Å². The molecule has 0 saturated carbocycles. The van der Waals surface area contributed by atoms with Gasteiger partial charge in [0.15, 0.2) is 0 Å². The number of nitrogens with zero attached hydrogens (tertiary/aromatic N) is 1. The third kappa shape index (κ3) is 3.68. The molecular formula is C16H19FN2O2. The van der Waals surface area contributed by atoms with E-state index in [-0.39, 0.29) is 23.5 Å². The molecule has 1 N–H and O–H groups in total. The van der Waals surface area contributed by atoms with Gasteiger partial charge in [-0.15, -0.1) is 0 Å². The lowest BCUT2D eigenvalue weighted by Crippen LogP contribution is -2.29. The SMILES string of the molecule is Cc1oc(-c2ccccc2F)nc1CCNC(=O)C(C)C. The Morgan fingerprint density at radius 1 is 1.38 bits per heavy atom. The fourth-order valence-electron chi connectivity index (χ4n) is 1.92. The van der Waals surface area contributed by atoms with Crippen LogP contribution in [0, 0.1) is 18.7 Å². The largest absolute Gasteiger partial charge is 0.441 e. The van der Waals surface area contributed by atoms with Gasteiger partial charge in [0.2, 0.25) is 11.8 Å². The van der Waals surface area contributed by atoms with Crippen LogP contribution in [-0.2, 0) is 11.2 Å². The number of aromatic nitrogens is 1. The molecule has 112 valence electrons. The fourth-order valence-corrected chi connectivity index (χ4v) is 1.92. The van der Waals surface area contributed by atoms with Crippen molar-refractivity contribution in [3.63, 3.8) is 0 Å². The van der Waals surface area contributed by atoms with Crippen LogP contribution in [-0.4, -0.2) is 17.4 Å². The summed E-state index contributed by atoms with van der Waals surface area (Å²) in [7, 11) is 0. The van der Waals surface area contributed by atoms with Gasteiger partial charge < -0.3 is 9.73 Å². The Hall–Kier alpha value is -2.17. The number of nitrogens with one attached hydrogen (secondary N) is 1. The molecule has 2 rings (SSSR count). The highest BCUT2D eigenvalue weighted by molar-refractivity contribution is 5.77. The van der Waals surface area contributed by atoms with Gasteiger partial charge in [0.1, 0.15) is 11.6 Å². The number of carbonyl (C=O) groups is 1. The molecule has 0 spiro atoms. The van der Waals surface area contributed by atoms with Crippen molar-refractivity contribution in [2.24, 2.45) is 5.92 Å². The first-order chi connectivity index (χ1) is 9.99. The summed E-state index contributed by atoms with van der Waals surface area (Å²) in [4.78, 5) is 15.8. The molecule has 0 radical (unpaired) electrons. The van der Waals surface area contributed by atoms with E-state index in [1.807, 2.05) is 13.8 Å². The molecule has 0 atom stereocenters. The zero-order chi connectivity index (χ0) is 15.4. The lowest BCUT2D eigenvalue weighted by Gasteiger charge is -2.06. The van der Waals surface area contributed by atoms with Crippen LogP contribution in [0.3, 0.4) is 0 Å². The summed E-state index contributed by atoms with van der Waals surface area (Å²) in [6.07, 6.45) is 0.558. The highest BCUT2D eigenvalue weighted by atomic mass is 19.1. The topological polar surface area (TPSA) is 55.1 Å². The van der Waals surface area contributed by atoms with Crippen molar-refractivity contribution in [1.29, 1.82) is 0 Å². The molecule has 1 aromatic heterocycles. The van der Waals surface area contributed by atoms with E-state index in [1.54, 1.807) is 25.1 Å². The first-order valence-electron chi connectivity index (χ1n) is 6.98. The molecule has 0 bridgehead atoms. The van der Waals surface area contributed by atoms with Gasteiger partial charge in [0.25, 0.3) is 0 Å². The van der Waals surface area contributed by atoms with Gasteiger partial charge in [-0.1, -0.05) is 26.0 Å². The Labute approximate surface area is 123 Å². The van der Waals surface area contributed by atoms with Gasteiger partial charge >= 0.3 is 0 Å². The normalized spacial score (nSPS) is 10.9. The fraction of sp³-hybridized carbons (Fsp3) is 0.375. The monoisotopic (exact) mass is 290 g/mol. The van der Waals surface area contributed by atoms with Gasteiger partial charge in [0, 0.05) is 18.9 Å². The van der Waals surface area contributed by atoms with Gasteiger partial charge in [0.05, 0.1) is 11.3 Å². The molecule has 0 aliphatic heterocycles. The average molecular weight is 290 g/mol. The van der Waals surface area contributed by atoms with Gasteiger partial charge in [-0.2, -0.15) is 0 Å². The van der Waals surface area contributed by atoms with Crippen LogP contribution in [0.15, 0.2) is 28.7 Å². The summed E-state index contributed by atoms with van der Waals surface area (Å²) in [5, 5.41) is 2.82. The summed E-state index contributed by atoms with van der Waals surface area (Å²) in [6.45, 7) is 5.96. The Kier molecular flexibility index (Phi) is 4.73. The minimum absolute atomic E-state index is 0.00507. The van der Waals surface area contributed by atoms with Gasteiger partial charge in [-0.25, -0.2) is 9.37 Å². The third-order valence-corrected chi connectivity index (χ3v) is 3.18. The van der Waals surface area contributed by atoms with Crippen molar-refractivity contribution in [3.8, 4) is 11.5 Å². The van der Waals surface area contributed by atoms with Crippen LogP contribution in [0.2, 0.25) is 0 Å². The third-order valence-electron chi connectivity index (χ3n) is 3.18. The summed E-state index contributed by atoms with van der Waals surface area (Å²) >= 11 is 0. The minimum Gasteiger partial charge on any atom is -0.441 e. The number of oxazole rings is 1. The summed E-state index contributed by atoms with van der Waals surface area (Å²) in [6, 6.07) is 6.36. The summed E-state index contributed by atoms with van der Waals surface area (Å²) < 4.78 is 19.2. The van der Waals surface area contributed by atoms with E-state index in [0.29, 0.717) is 24.3 Å². The number of rotatable bonds is 5. The van der Waals surface area contributed by atoms with Crippen molar-refractivity contribution < 1.29 is 13.6 Å². The van der Waals surface area contributed by atoms with E-state index >= 15 is 0 Å². The molecule has 0 fully saturated rings. The second kappa shape index (κ2) is 6.52. The first-order valence-corrected chi connectivity index (χ1v) is 6.98. The van der Waals surface area contributed by atoms with Crippen LogP contribution in [0.1, 0.15) is 25.3 Å². The number of amides is 1. The van der Waals surface area contributed by atoms with E-state index in [1.165, 1.54) is 6.07 Å². The van der Waals surface area contributed by atoms with Crippen molar-refractivity contribution >= 4 is 5.91 Å². The molecule has 0 aliphatic rings. The smallest absolute Gasteiger partial charge is 0.229 e. The number of carbonyl (C=O) groups excluding carboxylic acids is 1. The Bertz CT molecular complexity index is 635. The molecule has 1 amide bonds. The predicted octanol–water partition coefficient (Wildman–Crippen LogP) is 3.10. The molecule has 1 heterocycles. The van der Waals surface area contributed by atoms with E-state index in [2.05, 4.69) is 10.3 Å². The van der Waals surface area contributed by atoms with Crippen LogP contribution in [0.4, 0.5) is 4.39 Å². The van der Waals surface area contributed by atoms with Crippen LogP contribution in [0.25, 0.3) is 11.5 Å². The molecule has 0 aliphatic carbocycles. The van der Waals surface area contributed by atoms with E-state index < -0.39 is 0 Å². The molecular weight excluding hydrogens is 271 g/mol. The Balaban J connectivity index is 2.06. The molecule has 2 aromatic rings. The maximum Gasteiger partial charge on any atom is 0.229 e. The number of aryl methyl sites for hydroxylation is 1. The molecule has 5 heteroatoms. The number of halogens is 1. The lowest BCUT2D eigenvalue weighted by molar-refractivity contribution is -0.123. The minimum atomic E-state index is -0.363. The summed E-state index contributed by atoms with van der Waals surface area (Å²) in [5.41, 5.74) is 1.08. The molecule has 0 saturated heterocycles. The number of hydrogen-bond donors (Lipinski definition) is 1. The van der Waals surface area contributed by atoms with Crippen LogP contribution >= 0.6 is 0 Å². The zero-order valence-corrected chi connectivity index (χ0v) is 12.4. The van der Waals surface area contributed by atoms with Crippen molar-refractivity contribution in [1.82, 2.24) is 10.3 Å². The first kappa shape index (κ1) is 15.2. The standard InChI is InChI=1S/C16H19FN2O2/c1-10(2)15(20)18-9-8-14-11(3)21-16(19-14)12-6-4-5-7-13(12)17/h4-7,10H,8-9H2,1-3H3,(H,18,20). The lowest BCUT2D eigenvalue weighted by atomic mass is 10.2. The number of benzene rings is 1. The maximum absolute atomic E-state index is 13.7. The highest BCUT2D eigenvalue weighted by Crippen LogP contribution is 2.24. The Morgan fingerprint density at radius 2 is 2.10 bits per heavy atom. The van der Waals surface area contributed by atoms with E-state index in [9.17, 15) is 9.18 Å². The van der Waals surface area contributed by atoms with E-state index in [0.717, 1.165) is 5.69 Å². The zero-order valence-electron chi connectivity index (χ0n) is 12.4. The van der Waals surface area contributed by atoms with Crippen molar-refractivity contribution in [3.05, 3.63) is 41.5 Å². The maximum atomic E-state index is 13.7. The second-order valence-corrected chi connectivity index (χ2v) is 5.20. The quantitative estimate of drug-likeness (QED) is 0.920. The molecule has 21 heavy (non-hydrogen) atoms. The molecule has 1 aromatic carbocycles. The van der Waals surface area contributed by atoms with Crippen molar-refractivity contribution in [2.45, 2.75) is 27.2 Å².